The van der Waals surface area contributed by atoms with Crippen LogP contribution in [0.25, 0.3) is 0 Å². The van der Waals surface area contributed by atoms with Crippen LogP contribution in [-0.2, 0) is 11.3 Å². The number of amides is 2. The third-order valence-electron chi connectivity index (χ3n) is 3.65. The minimum absolute atomic E-state index is 0.00255. The molecule has 0 aliphatic rings. The van der Waals surface area contributed by atoms with Gasteiger partial charge in [-0.3, -0.25) is 9.69 Å². The van der Waals surface area contributed by atoms with Gasteiger partial charge in [0.05, 0.1) is 13.7 Å². The van der Waals surface area contributed by atoms with Crippen LogP contribution in [0.15, 0.2) is 54.6 Å². The van der Waals surface area contributed by atoms with Gasteiger partial charge in [-0.25, -0.2) is 4.79 Å². The van der Waals surface area contributed by atoms with E-state index in [1.165, 1.54) is 7.11 Å². The average Bonchev–Trinajstić information content (AvgIpc) is 2.63. The molecule has 0 saturated carbocycles. The highest BCUT2D eigenvalue weighted by Gasteiger charge is 2.29. The lowest BCUT2D eigenvalue weighted by Gasteiger charge is -2.27. The first-order valence-corrected chi connectivity index (χ1v) is 7.64. The number of nitrogens with one attached hydrogen (secondary N) is 1. The van der Waals surface area contributed by atoms with Gasteiger partial charge >= 0.3 is 6.09 Å². The van der Waals surface area contributed by atoms with Crippen molar-refractivity contribution in [1.82, 2.24) is 4.90 Å². The van der Waals surface area contributed by atoms with Crippen LogP contribution in [0.5, 0.6) is 5.75 Å². The zero-order chi connectivity index (χ0) is 18.2. The molecule has 0 heterocycles. The van der Waals surface area contributed by atoms with Gasteiger partial charge in [0.2, 0.25) is 5.91 Å². The van der Waals surface area contributed by atoms with E-state index in [0.29, 0.717) is 11.4 Å². The first-order chi connectivity index (χ1) is 12.0. The zero-order valence-electron chi connectivity index (χ0n) is 13.8. The number of aliphatic hydroxyl groups excluding tert-OH is 1. The summed E-state index contributed by atoms with van der Waals surface area (Å²) in [6.45, 7) is -0.626. The molecule has 0 aliphatic heterocycles. The Morgan fingerprint density at radius 2 is 1.76 bits per heavy atom. The predicted molar refractivity (Wildman–Crippen MR) is 92.5 cm³/mol. The third kappa shape index (κ3) is 4.95. The van der Waals surface area contributed by atoms with Crippen LogP contribution in [0.1, 0.15) is 5.56 Å². The molecular formula is C18H20N2O5. The molecule has 0 saturated heterocycles. The maximum Gasteiger partial charge on any atom is 0.408 e. The van der Waals surface area contributed by atoms with Crippen LogP contribution in [0.2, 0.25) is 0 Å². The Morgan fingerprint density at radius 3 is 2.28 bits per heavy atom. The van der Waals surface area contributed by atoms with Crippen molar-refractivity contribution in [1.29, 1.82) is 0 Å². The van der Waals surface area contributed by atoms with Gasteiger partial charge in [-0.2, -0.15) is 0 Å². The molecule has 1 atom stereocenters. The molecule has 0 spiro atoms. The topological polar surface area (TPSA) is 99.1 Å². The number of benzene rings is 2. The number of carboxylic acid groups (broad SMARTS) is 1. The summed E-state index contributed by atoms with van der Waals surface area (Å²) in [6.07, 6.45) is -1.28. The second-order valence-electron chi connectivity index (χ2n) is 5.31. The van der Waals surface area contributed by atoms with Gasteiger partial charge in [-0.15, -0.1) is 0 Å². The van der Waals surface area contributed by atoms with E-state index in [1.807, 2.05) is 6.07 Å². The summed E-state index contributed by atoms with van der Waals surface area (Å²) in [4.78, 5) is 24.9. The molecule has 2 rings (SSSR count). The van der Waals surface area contributed by atoms with Gasteiger partial charge in [0.15, 0.2) is 0 Å². The highest BCUT2D eigenvalue weighted by Crippen LogP contribution is 2.16. The summed E-state index contributed by atoms with van der Waals surface area (Å²) in [6, 6.07) is 14.3. The molecule has 3 N–H and O–H groups in total. The van der Waals surface area contributed by atoms with Crippen molar-refractivity contribution in [2.24, 2.45) is 0 Å². The van der Waals surface area contributed by atoms with Gasteiger partial charge < -0.3 is 20.3 Å². The van der Waals surface area contributed by atoms with E-state index in [-0.39, 0.29) is 6.54 Å². The molecule has 2 aromatic rings. The van der Waals surface area contributed by atoms with Crippen LogP contribution in [0.4, 0.5) is 10.5 Å². The summed E-state index contributed by atoms with van der Waals surface area (Å²) in [5, 5.41) is 21.6. The van der Waals surface area contributed by atoms with E-state index in [9.17, 15) is 19.8 Å². The van der Waals surface area contributed by atoms with E-state index in [2.05, 4.69) is 5.32 Å². The Balaban J connectivity index is 2.12. The summed E-state index contributed by atoms with van der Waals surface area (Å²) in [5.74, 6) is 0.0268. The third-order valence-corrected chi connectivity index (χ3v) is 3.65. The van der Waals surface area contributed by atoms with Crippen molar-refractivity contribution in [3.63, 3.8) is 0 Å². The van der Waals surface area contributed by atoms with Gasteiger partial charge in [0.1, 0.15) is 11.8 Å². The van der Waals surface area contributed by atoms with Gasteiger partial charge in [0.25, 0.3) is 0 Å². The molecule has 2 aromatic carbocycles. The molecule has 0 fully saturated rings. The second-order valence-corrected chi connectivity index (χ2v) is 5.31. The van der Waals surface area contributed by atoms with E-state index in [1.54, 1.807) is 48.5 Å². The monoisotopic (exact) mass is 344 g/mol. The summed E-state index contributed by atoms with van der Waals surface area (Å²) in [5.41, 5.74) is 1.20. The summed E-state index contributed by atoms with van der Waals surface area (Å²) >= 11 is 0. The molecule has 0 bridgehead atoms. The van der Waals surface area contributed by atoms with Crippen LogP contribution in [-0.4, -0.2) is 46.9 Å². The fourth-order valence-corrected chi connectivity index (χ4v) is 2.31. The number of methoxy groups -OCH3 is 1. The normalized spacial score (nSPS) is 11.4. The van der Waals surface area contributed by atoms with Crippen LogP contribution in [0.3, 0.4) is 0 Å². The van der Waals surface area contributed by atoms with E-state index < -0.39 is 24.6 Å². The quantitative estimate of drug-likeness (QED) is 0.715. The molecular weight excluding hydrogens is 324 g/mol. The SMILES string of the molecule is COc1ccc(NC(=O)[C@H](CO)N(Cc2ccccc2)C(=O)O)cc1. The standard InChI is InChI=1S/C18H20N2O5/c1-25-15-9-7-14(8-10-15)19-17(22)16(12-21)20(18(23)24)11-13-5-3-2-4-6-13/h2-10,16,21H,11-12H2,1H3,(H,19,22)(H,23,24)/t16-/m0/s1. The van der Waals surface area contributed by atoms with E-state index >= 15 is 0 Å². The molecule has 25 heavy (non-hydrogen) atoms. The number of hydrogen-bond acceptors (Lipinski definition) is 4. The lowest BCUT2D eigenvalue weighted by molar-refractivity contribution is -0.122. The number of nitrogens with zero attached hydrogens (tertiary/aromatic N) is 1. The molecule has 0 radical (unpaired) electrons. The molecule has 0 aromatic heterocycles. The Bertz CT molecular complexity index is 703. The maximum atomic E-state index is 12.4. The molecule has 2 amide bonds. The van der Waals surface area contributed by atoms with E-state index in [0.717, 1.165) is 10.5 Å². The van der Waals surface area contributed by atoms with Crippen LogP contribution in [0, 0.1) is 0 Å². The number of hydrogen-bond donors (Lipinski definition) is 3. The minimum atomic E-state index is -1.28. The highest BCUT2D eigenvalue weighted by atomic mass is 16.5. The van der Waals surface area contributed by atoms with Crippen LogP contribution < -0.4 is 10.1 Å². The van der Waals surface area contributed by atoms with Crippen molar-refractivity contribution in [2.45, 2.75) is 12.6 Å². The number of ether oxygens (including phenoxy) is 1. The van der Waals surface area contributed by atoms with Crippen molar-refractivity contribution < 1.29 is 24.5 Å². The van der Waals surface area contributed by atoms with Crippen molar-refractivity contribution in [3.8, 4) is 5.75 Å². The average molecular weight is 344 g/mol. The molecule has 7 nitrogen and oxygen atoms in total. The number of rotatable bonds is 7. The van der Waals surface area contributed by atoms with Crippen LogP contribution >= 0.6 is 0 Å². The maximum absolute atomic E-state index is 12.4. The molecule has 0 aliphatic carbocycles. The van der Waals surface area contributed by atoms with Crippen molar-refractivity contribution in [2.75, 3.05) is 19.0 Å². The molecule has 0 unspecified atom stereocenters. The molecule has 132 valence electrons. The smallest absolute Gasteiger partial charge is 0.408 e. The Labute approximate surface area is 145 Å². The highest BCUT2D eigenvalue weighted by molar-refractivity contribution is 5.96. The lowest BCUT2D eigenvalue weighted by Crippen LogP contribution is -2.48. The van der Waals surface area contributed by atoms with Gasteiger partial charge in [0, 0.05) is 12.2 Å². The number of carbonyl (C=O) groups is 2. The summed E-state index contributed by atoms with van der Waals surface area (Å²) < 4.78 is 5.04. The minimum Gasteiger partial charge on any atom is -0.497 e. The Kier molecular flexibility index (Phi) is 6.36. The second kappa shape index (κ2) is 8.70. The Hall–Kier alpha value is -3.06. The van der Waals surface area contributed by atoms with Gasteiger partial charge in [-0.05, 0) is 29.8 Å². The van der Waals surface area contributed by atoms with E-state index in [4.69, 9.17) is 4.74 Å². The first kappa shape index (κ1) is 18.3. The van der Waals surface area contributed by atoms with Gasteiger partial charge in [-0.1, -0.05) is 30.3 Å². The molecule has 7 heteroatoms. The van der Waals surface area contributed by atoms with Crippen molar-refractivity contribution >= 4 is 17.7 Å². The zero-order valence-corrected chi connectivity index (χ0v) is 13.8. The summed E-state index contributed by atoms with van der Waals surface area (Å²) in [7, 11) is 1.53. The first-order valence-electron chi connectivity index (χ1n) is 7.64. The fraction of sp³-hybridized carbons (Fsp3) is 0.222. The largest absolute Gasteiger partial charge is 0.497 e. The fourth-order valence-electron chi connectivity index (χ4n) is 2.31. The lowest BCUT2D eigenvalue weighted by atomic mass is 10.1. The number of aliphatic hydroxyl groups is 1. The Morgan fingerprint density at radius 1 is 1.12 bits per heavy atom. The van der Waals surface area contributed by atoms with Crippen molar-refractivity contribution in [3.05, 3.63) is 60.2 Å². The number of anilines is 1. The number of carbonyl (C=O) groups excluding carboxylic acids is 1. The predicted octanol–water partition coefficient (Wildman–Crippen LogP) is 2.17.